The molecule has 90 valence electrons. The van der Waals surface area contributed by atoms with E-state index in [0.29, 0.717) is 11.6 Å². The van der Waals surface area contributed by atoms with E-state index in [2.05, 4.69) is 25.9 Å². The number of pyridine rings is 2. The third kappa shape index (κ3) is 4.82. The molecule has 2 aromatic heterocycles. The van der Waals surface area contributed by atoms with E-state index in [9.17, 15) is 0 Å². The monoisotopic (exact) mass is 294 g/mol. The molecule has 0 saturated carbocycles. The Hall–Kier alpha value is -1.62. The molecule has 0 unspecified atom stereocenters. The van der Waals surface area contributed by atoms with Gasteiger partial charge in [-0.2, -0.15) is 0 Å². The summed E-state index contributed by atoms with van der Waals surface area (Å²) in [6.07, 6.45) is 3.48. The van der Waals surface area contributed by atoms with Crippen LogP contribution in [0.2, 0.25) is 0 Å². The van der Waals surface area contributed by atoms with Crippen molar-refractivity contribution in [2.24, 2.45) is 0 Å². The van der Waals surface area contributed by atoms with Gasteiger partial charge in [0.1, 0.15) is 11.6 Å². The zero-order valence-electron chi connectivity index (χ0n) is 9.81. The first-order valence-electron chi connectivity index (χ1n) is 5.05. The predicted octanol–water partition coefficient (Wildman–Crippen LogP) is 2.71. The van der Waals surface area contributed by atoms with Gasteiger partial charge < -0.3 is 11.5 Å². The van der Waals surface area contributed by atoms with Crippen LogP contribution in [-0.2, 0) is 0 Å². The molecule has 2 heterocycles. The van der Waals surface area contributed by atoms with Crippen molar-refractivity contribution in [2.75, 3.05) is 11.5 Å². The molecule has 2 rings (SSSR count). The summed E-state index contributed by atoms with van der Waals surface area (Å²) in [5.41, 5.74) is 13.0. The number of rotatable bonds is 0. The van der Waals surface area contributed by atoms with Gasteiger partial charge in [0.25, 0.3) is 0 Å². The van der Waals surface area contributed by atoms with Crippen LogP contribution >= 0.6 is 15.9 Å². The van der Waals surface area contributed by atoms with E-state index in [1.165, 1.54) is 0 Å². The summed E-state index contributed by atoms with van der Waals surface area (Å²) in [7, 11) is 0. The highest BCUT2D eigenvalue weighted by atomic mass is 79.9. The van der Waals surface area contributed by atoms with E-state index >= 15 is 0 Å². The van der Waals surface area contributed by atoms with Gasteiger partial charge >= 0.3 is 0 Å². The second kappa shape index (κ2) is 6.20. The summed E-state index contributed by atoms with van der Waals surface area (Å²) in [5, 5.41) is 0. The molecule has 0 fully saturated rings. The van der Waals surface area contributed by atoms with Crippen LogP contribution in [0.4, 0.5) is 11.6 Å². The molecule has 0 saturated heterocycles. The van der Waals surface area contributed by atoms with Crippen LogP contribution in [0.3, 0.4) is 0 Å². The van der Waals surface area contributed by atoms with E-state index in [-0.39, 0.29) is 0 Å². The minimum Gasteiger partial charge on any atom is -0.384 e. The van der Waals surface area contributed by atoms with Gasteiger partial charge in [-0.3, -0.25) is 0 Å². The van der Waals surface area contributed by atoms with Crippen LogP contribution in [0.5, 0.6) is 0 Å². The van der Waals surface area contributed by atoms with Crippen LogP contribution in [0, 0.1) is 13.8 Å². The van der Waals surface area contributed by atoms with Crippen molar-refractivity contribution in [2.45, 2.75) is 13.8 Å². The summed E-state index contributed by atoms with van der Waals surface area (Å²) in [4.78, 5) is 7.77. The Morgan fingerprint density at radius 1 is 1.00 bits per heavy atom. The number of aromatic nitrogens is 2. The second-order valence-electron chi connectivity index (χ2n) is 3.64. The highest BCUT2D eigenvalue weighted by molar-refractivity contribution is 9.10. The number of nitrogens with two attached hydrogens (primary N) is 2. The molecule has 0 aliphatic carbocycles. The lowest BCUT2D eigenvalue weighted by Crippen LogP contribution is -1.90. The Morgan fingerprint density at radius 2 is 1.65 bits per heavy atom. The second-order valence-corrected chi connectivity index (χ2v) is 4.49. The molecular weight excluding hydrogens is 280 g/mol. The topological polar surface area (TPSA) is 77.8 Å². The van der Waals surface area contributed by atoms with Crippen molar-refractivity contribution in [3.05, 3.63) is 46.2 Å². The van der Waals surface area contributed by atoms with Gasteiger partial charge in [0.15, 0.2) is 0 Å². The molecule has 0 spiro atoms. The molecule has 4 N–H and O–H groups in total. The van der Waals surface area contributed by atoms with Crippen molar-refractivity contribution in [1.82, 2.24) is 9.97 Å². The summed E-state index contributed by atoms with van der Waals surface area (Å²) in [6, 6.07) is 5.65. The summed E-state index contributed by atoms with van der Waals surface area (Å²) in [6.45, 7) is 3.95. The fraction of sp³-hybridized carbons (Fsp3) is 0.167. The zero-order chi connectivity index (χ0) is 12.8. The Balaban J connectivity index is 0.000000171. The van der Waals surface area contributed by atoms with Gasteiger partial charge in [0.05, 0.1) is 4.47 Å². The maximum atomic E-state index is 5.43. The highest BCUT2D eigenvalue weighted by Gasteiger charge is 1.93. The lowest BCUT2D eigenvalue weighted by atomic mass is 10.3. The molecular formula is C12H15BrN4. The van der Waals surface area contributed by atoms with Gasteiger partial charge in [-0.05, 0) is 53.0 Å². The molecule has 17 heavy (non-hydrogen) atoms. The average Bonchev–Trinajstić information content (AvgIpc) is 2.29. The van der Waals surface area contributed by atoms with Crippen LogP contribution in [0.1, 0.15) is 11.1 Å². The van der Waals surface area contributed by atoms with Gasteiger partial charge in [0, 0.05) is 12.4 Å². The first kappa shape index (κ1) is 13.4. The normalized spacial score (nSPS) is 9.35. The number of anilines is 2. The Kier molecular flexibility index (Phi) is 4.90. The molecule has 4 nitrogen and oxygen atoms in total. The van der Waals surface area contributed by atoms with Crippen LogP contribution in [-0.4, -0.2) is 9.97 Å². The van der Waals surface area contributed by atoms with Crippen molar-refractivity contribution in [1.29, 1.82) is 0 Å². The molecule has 5 heteroatoms. The average molecular weight is 295 g/mol. The van der Waals surface area contributed by atoms with Crippen LogP contribution in [0.25, 0.3) is 0 Å². The zero-order valence-corrected chi connectivity index (χ0v) is 11.4. The molecule has 0 aromatic carbocycles. The van der Waals surface area contributed by atoms with Crippen molar-refractivity contribution >= 4 is 27.6 Å². The number of hydrogen-bond donors (Lipinski definition) is 2. The highest BCUT2D eigenvalue weighted by Crippen LogP contribution is 2.16. The van der Waals surface area contributed by atoms with E-state index in [1.807, 2.05) is 26.0 Å². The summed E-state index contributed by atoms with van der Waals surface area (Å²) in [5.74, 6) is 1.12. The van der Waals surface area contributed by atoms with Crippen molar-refractivity contribution in [3.63, 3.8) is 0 Å². The third-order valence-electron chi connectivity index (χ3n) is 1.94. The number of nitrogens with zero attached hydrogens (tertiary/aromatic N) is 2. The molecule has 0 aliphatic heterocycles. The van der Waals surface area contributed by atoms with Crippen LogP contribution < -0.4 is 11.5 Å². The molecule has 0 bridgehead atoms. The van der Waals surface area contributed by atoms with Gasteiger partial charge in [-0.1, -0.05) is 6.07 Å². The van der Waals surface area contributed by atoms with E-state index in [4.69, 9.17) is 11.5 Å². The third-order valence-corrected chi connectivity index (χ3v) is 2.58. The first-order valence-corrected chi connectivity index (χ1v) is 5.84. The largest absolute Gasteiger partial charge is 0.384 e. The minimum atomic E-state index is 0.542. The van der Waals surface area contributed by atoms with E-state index < -0.39 is 0 Å². The fourth-order valence-corrected chi connectivity index (χ4v) is 1.49. The number of halogens is 1. The van der Waals surface area contributed by atoms with Crippen LogP contribution in [0.15, 0.2) is 35.1 Å². The predicted molar refractivity (Wildman–Crippen MR) is 74.5 cm³/mol. The fourth-order valence-electron chi connectivity index (χ4n) is 1.02. The minimum absolute atomic E-state index is 0.542. The summed E-state index contributed by atoms with van der Waals surface area (Å²) >= 11 is 3.26. The Labute approximate surface area is 109 Å². The summed E-state index contributed by atoms with van der Waals surface area (Å²) < 4.78 is 0.863. The molecule has 0 atom stereocenters. The number of aryl methyl sites for hydroxylation is 2. The lowest BCUT2D eigenvalue weighted by Gasteiger charge is -1.95. The van der Waals surface area contributed by atoms with Gasteiger partial charge in [-0.25, -0.2) is 9.97 Å². The quantitative estimate of drug-likeness (QED) is 0.783. The van der Waals surface area contributed by atoms with E-state index in [0.717, 1.165) is 15.6 Å². The smallest absolute Gasteiger partial charge is 0.137 e. The Bertz CT molecular complexity index is 461. The van der Waals surface area contributed by atoms with Gasteiger partial charge in [0.2, 0.25) is 0 Å². The molecule has 0 radical (unpaired) electrons. The van der Waals surface area contributed by atoms with Crippen molar-refractivity contribution < 1.29 is 0 Å². The molecule has 0 amide bonds. The molecule has 2 aromatic rings. The van der Waals surface area contributed by atoms with E-state index in [1.54, 1.807) is 18.5 Å². The Morgan fingerprint density at radius 3 is 2.06 bits per heavy atom. The number of hydrogen-bond acceptors (Lipinski definition) is 4. The maximum Gasteiger partial charge on any atom is 0.137 e. The van der Waals surface area contributed by atoms with Gasteiger partial charge in [-0.15, -0.1) is 0 Å². The SMILES string of the molecule is Cc1ccc(N)nc1.Cc1cnc(N)c(Br)c1. The van der Waals surface area contributed by atoms with Crippen molar-refractivity contribution in [3.8, 4) is 0 Å². The first-order chi connectivity index (χ1) is 7.99. The number of nitrogen functional groups attached to an aromatic ring is 2. The lowest BCUT2D eigenvalue weighted by molar-refractivity contribution is 1.26. The molecule has 0 aliphatic rings. The standard InChI is InChI=1S/C6H7BrN2.C6H8N2/c1-4-2-5(7)6(8)9-3-4;1-5-2-3-6(7)8-4-5/h2-3H,1H3,(H2,8,9);2-4H,1H3,(H2,7,8). The maximum absolute atomic E-state index is 5.43.